The van der Waals surface area contributed by atoms with Crippen molar-refractivity contribution in [1.29, 1.82) is 0 Å². The number of benzene rings is 1. The number of para-hydroxylation sites is 1. The molecule has 1 saturated carbocycles. The molecule has 0 radical (unpaired) electrons. The second kappa shape index (κ2) is 7.12. The molecule has 2 rings (SSSR count). The van der Waals surface area contributed by atoms with E-state index in [1.165, 1.54) is 37.8 Å². The van der Waals surface area contributed by atoms with Crippen molar-refractivity contribution in [3.63, 3.8) is 0 Å². The Morgan fingerprint density at radius 3 is 2.55 bits per heavy atom. The van der Waals surface area contributed by atoms with Crippen molar-refractivity contribution in [2.24, 2.45) is 0 Å². The highest BCUT2D eigenvalue weighted by Crippen LogP contribution is 2.31. The summed E-state index contributed by atoms with van der Waals surface area (Å²) in [5.41, 5.74) is 1.44. The van der Waals surface area contributed by atoms with Gasteiger partial charge in [0.05, 0.1) is 6.61 Å². The van der Waals surface area contributed by atoms with Crippen molar-refractivity contribution in [3.8, 4) is 5.75 Å². The van der Waals surface area contributed by atoms with E-state index < -0.39 is 0 Å². The van der Waals surface area contributed by atoms with Crippen LogP contribution in [0.25, 0.3) is 0 Å². The Morgan fingerprint density at radius 1 is 1.10 bits per heavy atom. The zero-order valence-corrected chi connectivity index (χ0v) is 13.2. The van der Waals surface area contributed by atoms with Crippen LogP contribution in [-0.4, -0.2) is 19.2 Å². The Morgan fingerprint density at radius 2 is 1.85 bits per heavy atom. The summed E-state index contributed by atoms with van der Waals surface area (Å²) in [7, 11) is 0. The number of unbranched alkanes of at least 4 members (excludes halogenated alkanes) is 2. The Hall–Kier alpha value is -1.02. The van der Waals surface area contributed by atoms with Gasteiger partial charge in [-0.2, -0.15) is 0 Å². The molecule has 1 aliphatic rings. The predicted molar refractivity (Wildman–Crippen MR) is 85.5 cm³/mol. The van der Waals surface area contributed by atoms with Crippen LogP contribution < -0.4 is 10.1 Å². The Bertz CT molecular complexity index is 404. The van der Waals surface area contributed by atoms with Gasteiger partial charge in [-0.15, -0.1) is 0 Å². The molecular weight excluding hydrogens is 246 g/mol. The van der Waals surface area contributed by atoms with Crippen LogP contribution in [0.3, 0.4) is 0 Å². The Kier molecular flexibility index (Phi) is 5.47. The van der Waals surface area contributed by atoms with Gasteiger partial charge in [0, 0.05) is 6.04 Å². The summed E-state index contributed by atoms with van der Waals surface area (Å²) in [5, 5.41) is 3.55. The van der Waals surface area contributed by atoms with Crippen LogP contribution in [-0.2, 0) is 5.41 Å². The van der Waals surface area contributed by atoms with E-state index >= 15 is 0 Å². The van der Waals surface area contributed by atoms with Gasteiger partial charge in [-0.3, -0.25) is 0 Å². The largest absolute Gasteiger partial charge is 0.493 e. The molecule has 20 heavy (non-hydrogen) atoms. The fourth-order valence-electron chi connectivity index (χ4n) is 2.39. The van der Waals surface area contributed by atoms with Crippen LogP contribution in [0, 0.1) is 0 Å². The molecule has 1 aromatic carbocycles. The summed E-state index contributed by atoms with van der Waals surface area (Å²) >= 11 is 0. The lowest BCUT2D eigenvalue weighted by Crippen LogP contribution is -2.17. The van der Waals surface area contributed by atoms with Gasteiger partial charge < -0.3 is 10.1 Å². The van der Waals surface area contributed by atoms with Gasteiger partial charge in [-0.25, -0.2) is 0 Å². The van der Waals surface area contributed by atoms with E-state index in [4.69, 9.17) is 4.74 Å². The lowest BCUT2D eigenvalue weighted by atomic mass is 9.86. The normalized spacial score (nSPS) is 15.3. The minimum Gasteiger partial charge on any atom is -0.493 e. The molecule has 0 unspecified atom stereocenters. The summed E-state index contributed by atoms with van der Waals surface area (Å²) in [4.78, 5) is 0. The number of nitrogens with one attached hydrogen (secondary N) is 1. The molecule has 0 spiro atoms. The van der Waals surface area contributed by atoms with E-state index in [2.05, 4.69) is 50.4 Å². The molecule has 0 amide bonds. The van der Waals surface area contributed by atoms with E-state index in [-0.39, 0.29) is 5.41 Å². The highest BCUT2D eigenvalue weighted by Gasteiger charge is 2.19. The maximum Gasteiger partial charge on any atom is 0.123 e. The van der Waals surface area contributed by atoms with Crippen molar-refractivity contribution in [2.45, 2.75) is 64.3 Å². The minimum absolute atomic E-state index is 0.144. The van der Waals surface area contributed by atoms with Gasteiger partial charge in [0.25, 0.3) is 0 Å². The third-order valence-corrected chi connectivity index (χ3v) is 3.78. The molecule has 0 saturated heterocycles. The topological polar surface area (TPSA) is 21.3 Å². The van der Waals surface area contributed by atoms with Gasteiger partial charge in [0.1, 0.15) is 5.75 Å². The van der Waals surface area contributed by atoms with Gasteiger partial charge >= 0.3 is 0 Å². The molecule has 0 atom stereocenters. The first-order valence-corrected chi connectivity index (χ1v) is 8.03. The van der Waals surface area contributed by atoms with Crippen LogP contribution in [0.2, 0.25) is 0 Å². The fourth-order valence-corrected chi connectivity index (χ4v) is 2.39. The van der Waals surface area contributed by atoms with Gasteiger partial charge in [0.15, 0.2) is 0 Å². The van der Waals surface area contributed by atoms with Crippen LogP contribution in [0.5, 0.6) is 5.75 Å². The van der Waals surface area contributed by atoms with Crippen LogP contribution in [0.15, 0.2) is 24.3 Å². The van der Waals surface area contributed by atoms with Crippen LogP contribution >= 0.6 is 0 Å². The van der Waals surface area contributed by atoms with Crippen molar-refractivity contribution in [2.75, 3.05) is 13.2 Å². The number of rotatable bonds is 8. The molecule has 1 aromatic rings. The van der Waals surface area contributed by atoms with E-state index in [0.717, 1.165) is 24.8 Å². The molecule has 0 bridgehead atoms. The highest BCUT2D eigenvalue weighted by molar-refractivity contribution is 5.38. The highest BCUT2D eigenvalue weighted by atomic mass is 16.5. The number of hydrogen-bond acceptors (Lipinski definition) is 2. The Labute approximate surface area is 123 Å². The maximum absolute atomic E-state index is 5.98. The average molecular weight is 275 g/mol. The molecule has 1 N–H and O–H groups in total. The van der Waals surface area contributed by atoms with E-state index in [9.17, 15) is 0 Å². The average Bonchev–Trinajstić information content (AvgIpc) is 3.21. The van der Waals surface area contributed by atoms with Gasteiger partial charge in [-0.1, -0.05) is 39.0 Å². The first-order valence-electron chi connectivity index (χ1n) is 8.03. The first-order chi connectivity index (χ1) is 9.57. The molecule has 1 fully saturated rings. The quantitative estimate of drug-likeness (QED) is 0.715. The van der Waals surface area contributed by atoms with E-state index in [1.54, 1.807) is 0 Å². The van der Waals surface area contributed by atoms with Crippen molar-refractivity contribution in [1.82, 2.24) is 5.32 Å². The molecule has 0 aromatic heterocycles. The lowest BCUT2D eigenvalue weighted by Gasteiger charge is -2.22. The second-order valence-electron chi connectivity index (χ2n) is 6.88. The van der Waals surface area contributed by atoms with E-state index in [1.807, 2.05) is 0 Å². The van der Waals surface area contributed by atoms with Crippen molar-refractivity contribution < 1.29 is 4.74 Å². The molecular formula is C18H29NO. The molecule has 2 heteroatoms. The molecule has 112 valence electrons. The number of ether oxygens (including phenoxy) is 1. The maximum atomic E-state index is 5.98. The van der Waals surface area contributed by atoms with E-state index in [0.29, 0.717) is 0 Å². The third kappa shape index (κ3) is 5.16. The van der Waals surface area contributed by atoms with Crippen molar-refractivity contribution >= 4 is 0 Å². The third-order valence-electron chi connectivity index (χ3n) is 3.78. The first kappa shape index (κ1) is 15.4. The number of hydrogen-bond donors (Lipinski definition) is 1. The predicted octanol–water partition coefficient (Wildman–Crippen LogP) is 4.29. The molecule has 2 nitrogen and oxygen atoms in total. The minimum atomic E-state index is 0.144. The summed E-state index contributed by atoms with van der Waals surface area (Å²) in [6, 6.07) is 9.26. The Balaban J connectivity index is 1.65. The zero-order valence-electron chi connectivity index (χ0n) is 13.2. The standard InChI is InChI=1S/C18H29NO/c1-18(2,3)16-9-5-6-10-17(16)20-14-8-4-7-13-19-15-11-12-15/h5-6,9-10,15,19H,4,7-8,11-14H2,1-3H3. The summed E-state index contributed by atoms with van der Waals surface area (Å²) in [5.74, 6) is 1.05. The second-order valence-corrected chi connectivity index (χ2v) is 6.88. The summed E-state index contributed by atoms with van der Waals surface area (Å²) in [6.07, 6.45) is 6.42. The van der Waals surface area contributed by atoms with Gasteiger partial charge in [0.2, 0.25) is 0 Å². The molecule has 0 aliphatic heterocycles. The zero-order chi connectivity index (χ0) is 14.4. The van der Waals surface area contributed by atoms with Crippen molar-refractivity contribution in [3.05, 3.63) is 29.8 Å². The summed E-state index contributed by atoms with van der Waals surface area (Å²) < 4.78 is 5.98. The lowest BCUT2D eigenvalue weighted by molar-refractivity contribution is 0.297. The molecule has 0 heterocycles. The fraction of sp³-hybridized carbons (Fsp3) is 0.667. The van der Waals surface area contributed by atoms with Crippen LogP contribution in [0.4, 0.5) is 0 Å². The molecule has 1 aliphatic carbocycles. The smallest absolute Gasteiger partial charge is 0.123 e. The monoisotopic (exact) mass is 275 g/mol. The van der Waals surface area contributed by atoms with Gasteiger partial charge in [-0.05, 0) is 55.7 Å². The SMILES string of the molecule is CC(C)(C)c1ccccc1OCCCCCNC1CC1. The van der Waals surface area contributed by atoms with Crippen LogP contribution in [0.1, 0.15) is 58.4 Å². The summed E-state index contributed by atoms with van der Waals surface area (Å²) in [6.45, 7) is 8.70.